The van der Waals surface area contributed by atoms with Crippen LogP contribution < -0.4 is 0 Å². The molecule has 0 heteroatoms. The molecule has 27 heavy (non-hydrogen) atoms. The number of aryl methyl sites for hydroxylation is 1. The second-order valence-electron chi connectivity index (χ2n) is 8.57. The van der Waals surface area contributed by atoms with E-state index in [1.807, 2.05) is 0 Å². The Morgan fingerprint density at radius 2 is 1.04 bits per heavy atom. The molecule has 134 valence electrons. The average Bonchev–Trinajstić information content (AvgIpc) is 2.66. The molecule has 0 unspecified atom stereocenters. The fourth-order valence-corrected chi connectivity index (χ4v) is 5.37. The topological polar surface area (TPSA) is 0 Å². The highest BCUT2D eigenvalue weighted by Crippen LogP contribution is 2.47. The van der Waals surface area contributed by atoms with E-state index < -0.39 is 0 Å². The summed E-state index contributed by atoms with van der Waals surface area (Å²) in [5.74, 6) is 1.01. The van der Waals surface area contributed by atoms with Crippen LogP contribution in [0.4, 0.5) is 0 Å². The minimum Gasteiger partial charge on any atom is -0.0610 e. The molecular weight excluding hydrogens is 324 g/mol. The normalized spacial score (nSPS) is 12.6. The molecule has 0 aliphatic rings. The van der Waals surface area contributed by atoms with E-state index in [4.69, 9.17) is 0 Å². The number of hydrogen-bond acceptors (Lipinski definition) is 0. The smallest absolute Gasteiger partial charge is 0.00206 e. The molecule has 0 bridgehead atoms. The maximum atomic E-state index is 2.35. The molecule has 0 radical (unpaired) electrons. The summed E-state index contributed by atoms with van der Waals surface area (Å²) in [7, 11) is 0. The number of hydrogen-bond donors (Lipinski definition) is 0. The summed E-state index contributed by atoms with van der Waals surface area (Å²) in [4.78, 5) is 0. The maximum absolute atomic E-state index is 2.35. The number of benzene rings is 5. The zero-order valence-corrected chi connectivity index (χ0v) is 16.9. The largest absolute Gasteiger partial charge is 0.0610 e. The first-order chi connectivity index (χ1) is 13.0. The van der Waals surface area contributed by atoms with Crippen molar-refractivity contribution < 1.29 is 0 Å². The average molecular weight is 351 g/mol. The van der Waals surface area contributed by atoms with Gasteiger partial charge in [0.25, 0.3) is 0 Å². The highest BCUT2D eigenvalue weighted by Gasteiger charge is 2.23. The van der Waals surface area contributed by atoms with Crippen molar-refractivity contribution in [2.45, 2.75) is 46.5 Å². The quantitative estimate of drug-likeness (QED) is 0.222. The van der Waals surface area contributed by atoms with Gasteiger partial charge in [0, 0.05) is 0 Å². The molecule has 0 amide bonds. The summed E-state index contributed by atoms with van der Waals surface area (Å²) in [5.41, 5.74) is 4.55. The lowest BCUT2D eigenvalue weighted by Crippen LogP contribution is -2.05. The lowest BCUT2D eigenvalue weighted by Gasteiger charge is -2.26. The minimum absolute atomic E-state index is 0.495. The minimum atomic E-state index is 0.495. The van der Waals surface area contributed by atoms with Gasteiger partial charge in [0.2, 0.25) is 0 Å². The SMILES string of the molecule is Cc1c(C(C)C)c(C(C)C)c2c3cccc4cccc(c5cccc1c52)c43. The summed E-state index contributed by atoms with van der Waals surface area (Å²) < 4.78 is 0. The van der Waals surface area contributed by atoms with E-state index in [0.29, 0.717) is 11.8 Å². The van der Waals surface area contributed by atoms with Crippen LogP contribution in [0.15, 0.2) is 54.6 Å². The van der Waals surface area contributed by atoms with Crippen molar-refractivity contribution in [3.05, 3.63) is 71.3 Å². The maximum Gasteiger partial charge on any atom is -0.00206 e. The summed E-state index contributed by atoms with van der Waals surface area (Å²) in [6.45, 7) is 11.7. The van der Waals surface area contributed by atoms with Gasteiger partial charge in [-0.25, -0.2) is 0 Å². The summed E-state index contributed by atoms with van der Waals surface area (Å²) in [6.07, 6.45) is 0. The van der Waals surface area contributed by atoms with Crippen molar-refractivity contribution in [3.8, 4) is 0 Å². The zero-order valence-electron chi connectivity index (χ0n) is 16.9. The standard InChI is InChI=1S/C27H26/c1-15(2)23-17(5)19-11-8-13-21-20-12-6-9-18-10-7-14-22(25(18)20)27(26(19)21)24(23)16(3)4/h6-16H,1-5H3. The lowest BCUT2D eigenvalue weighted by atomic mass is 9.78. The molecular formula is C27H26. The van der Waals surface area contributed by atoms with E-state index in [1.54, 1.807) is 11.1 Å². The van der Waals surface area contributed by atoms with Crippen molar-refractivity contribution in [2.24, 2.45) is 0 Å². The summed E-state index contributed by atoms with van der Waals surface area (Å²) in [5, 5.41) is 11.3. The molecule has 0 spiro atoms. The third-order valence-electron chi connectivity index (χ3n) is 6.30. The molecule has 5 aromatic rings. The Bertz CT molecular complexity index is 1310. The Morgan fingerprint density at radius 1 is 0.519 bits per heavy atom. The molecule has 5 rings (SSSR count). The van der Waals surface area contributed by atoms with Gasteiger partial charge in [0.1, 0.15) is 0 Å². The van der Waals surface area contributed by atoms with E-state index in [1.165, 1.54) is 48.7 Å². The van der Waals surface area contributed by atoms with Gasteiger partial charge in [-0.2, -0.15) is 0 Å². The Kier molecular flexibility index (Phi) is 3.49. The van der Waals surface area contributed by atoms with E-state index in [2.05, 4.69) is 89.2 Å². The highest BCUT2D eigenvalue weighted by molar-refractivity contribution is 6.34. The molecule has 0 nitrogen and oxygen atoms in total. The molecule has 0 atom stereocenters. The molecule has 0 aliphatic carbocycles. The van der Waals surface area contributed by atoms with Crippen molar-refractivity contribution >= 4 is 43.1 Å². The van der Waals surface area contributed by atoms with Gasteiger partial charge in [-0.15, -0.1) is 0 Å². The van der Waals surface area contributed by atoms with Crippen LogP contribution in [0.3, 0.4) is 0 Å². The highest BCUT2D eigenvalue weighted by atomic mass is 14.3. The monoisotopic (exact) mass is 350 g/mol. The van der Waals surface area contributed by atoms with Gasteiger partial charge in [0.05, 0.1) is 0 Å². The fourth-order valence-electron chi connectivity index (χ4n) is 5.37. The molecule has 0 aromatic heterocycles. The number of fused-ring (bicyclic) bond motifs is 2. The summed E-state index contributed by atoms with van der Waals surface area (Å²) >= 11 is 0. The van der Waals surface area contributed by atoms with Crippen LogP contribution in [0, 0.1) is 6.92 Å². The van der Waals surface area contributed by atoms with Crippen LogP contribution in [0.2, 0.25) is 0 Å². The second-order valence-corrected chi connectivity index (χ2v) is 8.57. The van der Waals surface area contributed by atoms with Crippen LogP contribution in [0.25, 0.3) is 43.1 Å². The first-order valence-electron chi connectivity index (χ1n) is 10.1. The van der Waals surface area contributed by atoms with Crippen molar-refractivity contribution in [1.82, 2.24) is 0 Å². The van der Waals surface area contributed by atoms with Gasteiger partial charge in [-0.1, -0.05) is 82.3 Å². The Balaban J connectivity index is 2.25. The van der Waals surface area contributed by atoms with Crippen molar-refractivity contribution in [3.63, 3.8) is 0 Å². The molecule has 0 saturated carbocycles. The number of rotatable bonds is 2. The predicted molar refractivity (Wildman–Crippen MR) is 121 cm³/mol. The predicted octanol–water partition coefficient (Wildman–Crippen LogP) is 8.29. The van der Waals surface area contributed by atoms with Gasteiger partial charge in [-0.05, 0) is 78.5 Å². The lowest BCUT2D eigenvalue weighted by molar-refractivity contribution is 0.793. The van der Waals surface area contributed by atoms with Crippen LogP contribution >= 0.6 is 0 Å². The van der Waals surface area contributed by atoms with Gasteiger partial charge in [-0.3, -0.25) is 0 Å². The van der Waals surface area contributed by atoms with Crippen LogP contribution in [0.5, 0.6) is 0 Å². The fraction of sp³-hybridized carbons (Fsp3) is 0.259. The van der Waals surface area contributed by atoms with E-state index in [9.17, 15) is 0 Å². The Labute approximate surface area is 161 Å². The third-order valence-corrected chi connectivity index (χ3v) is 6.30. The van der Waals surface area contributed by atoms with Crippen molar-refractivity contribution in [2.75, 3.05) is 0 Å². The van der Waals surface area contributed by atoms with Crippen LogP contribution in [-0.4, -0.2) is 0 Å². The van der Waals surface area contributed by atoms with Gasteiger partial charge in [0.15, 0.2) is 0 Å². The molecule has 0 fully saturated rings. The van der Waals surface area contributed by atoms with E-state index >= 15 is 0 Å². The molecule has 0 heterocycles. The van der Waals surface area contributed by atoms with Gasteiger partial charge < -0.3 is 0 Å². The summed E-state index contributed by atoms with van der Waals surface area (Å²) in [6, 6.07) is 20.4. The first kappa shape index (κ1) is 16.6. The molecule has 0 saturated heterocycles. The first-order valence-corrected chi connectivity index (χ1v) is 10.1. The van der Waals surface area contributed by atoms with Crippen molar-refractivity contribution in [1.29, 1.82) is 0 Å². The zero-order chi connectivity index (χ0) is 18.9. The molecule has 0 N–H and O–H groups in total. The van der Waals surface area contributed by atoms with E-state index in [0.717, 1.165) is 0 Å². The Hall–Kier alpha value is -2.60. The van der Waals surface area contributed by atoms with Crippen LogP contribution in [0.1, 0.15) is 56.2 Å². The van der Waals surface area contributed by atoms with Gasteiger partial charge >= 0.3 is 0 Å². The Morgan fingerprint density at radius 3 is 1.67 bits per heavy atom. The second kappa shape index (κ2) is 5.70. The molecule has 5 aromatic carbocycles. The van der Waals surface area contributed by atoms with E-state index in [-0.39, 0.29) is 0 Å². The van der Waals surface area contributed by atoms with Crippen LogP contribution in [-0.2, 0) is 0 Å². The third kappa shape index (κ3) is 2.10. The molecule has 0 aliphatic heterocycles.